The molecular weight excluding hydrogens is 549 g/mol. The van der Waals surface area contributed by atoms with E-state index in [2.05, 4.69) is 11.0 Å². The Bertz CT molecular complexity index is 1730. The van der Waals surface area contributed by atoms with Gasteiger partial charge in [-0.05, 0) is 35.9 Å². The van der Waals surface area contributed by atoms with E-state index in [0.29, 0.717) is 44.0 Å². The van der Waals surface area contributed by atoms with Crippen LogP contribution < -0.4 is 15.2 Å². The Kier molecular flexibility index (Phi) is 7.94. The van der Waals surface area contributed by atoms with Crippen LogP contribution in [0.3, 0.4) is 0 Å². The molecular formula is C30H27ClFN5O4. The molecule has 5 rings (SSSR count). The van der Waals surface area contributed by atoms with Gasteiger partial charge in [-0.15, -0.1) is 0 Å². The van der Waals surface area contributed by atoms with Gasteiger partial charge >= 0.3 is 5.97 Å². The molecule has 1 fully saturated rings. The van der Waals surface area contributed by atoms with Crippen LogP contribution in [0, 0.1) is 17.1 Å². The van der Waals surface area contributed by atoms with E-state index in [0.717, 1.165) is 17.3 Å². The van der Waals surface area contributed by atoms with Gasteiger partial charge in [0.2, 0.25) is 5.43 Å². The summed E-state index contributed by atoms with van der Waals surface area (Å²) in [5.41, 5.74) is 1.93. The second kappa shape index (κ2) is 11.6. The molecule has 0 aliphatic carbocycles. The Morgan fingerprint density at radius 3 is 2.41 bits per heavy atom. The van der Waals surface area contributed by atoms with Gasteiger partial charge in [0.15, 0.2) is 0 Å². The summed E-state index contributed by atoms with van der Waals surface area (Å²) in [6.07, 6.45) is 1.23. The zero-order chi connectivity index (χ0) is 29.3. The Hall–Kier alpha value is -4.43. The highest BCUT2D eigenvalue weighted by molar-refractivity contribution is 6.38. The van der Waals surface area contributed by atoms with Crippen molar-refractivity contribution in [1.29, 1.82) is 5.26 Å². The number of aromatic nitrogens is 1. The first kappa shape index (κ1) is 28.1. The summed E-state index contributed by atoms with van der Waals surface area (Å²) in [7, 11) is 3.36. The number of nitriles is 1. The number of halogens is 2. The molecule has 0 radical (unpaired) electrons. The van der Waals surface area contributed by atoms with Gasteiger partial charge in [0.25, 0.3) is 0 Å². The number of para-hydroxylation sites is 1. The first-order valence-corrected chi connectivity index (χ1v) is 13.3. The van der Waals surface area contributed by atoms with Crippen molar-refractivity contribution in [3.05, 3.63) is 98.5 Å². The van der Waals surface area contributed by atoms with Gasteiger partial charge in [-0.25, -0.2) is 9.18 Å². The van der Waals surface area contributed by atoms with E-state index < -0.39 is 22.8 Å². The van der Waals surface area contributed by atoms with Gasteiger partial charge in [0.1, 0.15) is 17.4 Å². The summed E-state index contributed by atoms with van der Waals surface area (Å²) < 4.78 is 17.2. The van der Waals surface area contributed by atoms with Gasteiger partial charge < -0.3 is 24.3 Å². The number of pyridine rings is 1. The lowest BCUT2D eigenvalue weighted by atomic mass is 10.1. The summed E-state index contributed by atoms with van der Waals surface area (Å²) >= 11 is 6.89. The van der Waals surface area contributed by atoms with Crippen LogP contribution in [0.1, 0.15) is 21.5 Å². The highest BCUT2D eigenvalue weighted by Crippen LogP contribution is 2.37. The number of aromatic carboxylic acids is 1. The molecule has 0 atom stereocenters. The molecule has 0 bridgehead atoms. The molecule has 41 heavy (non-hydrogen) atoms. The van der Waals surface area contributed by atoms with E-state index in [4.69, 9.17) is 16.4 Å². The number of anilines is 2. The van der Waals surface area contributed by atoms with Gasteiger partial charge in [-0.3, -0.25) is 4.79 Å². The van der Waals surface area contributed by atoms with Gasteiger partial charge in [-0.2, -0.15) is 10.3 Å². The number of hydroxylamine groups is 2. The van der Waals surface area contributed by atoms with Crippen LogP contribution in [-0.4, -0.2) is 61.0 Å². The zero-order valence-corrected chi connectivity index (χ0v) is 23.2. The summed E-state index contributed by atoms with van der Waals surface area (Å²) in [5, 5.41) is 20.8. The van der Waals surface area contributed by atoms with Crippen molar-refractivity contribution in [2.75, 3.05) is 50.1 Å². The first-order valence-electron chi connectivity index (χ1n) is 12.9. The molecule has 1 aliphatic heterocycles. The number of hydrogen-bond donors (Lipinski definition) is 1. The van der Waals surface area contributed by atoms with E-state index in [-0.39, 0.29) is 21.6 Å². The van der Waals surface area contributed by atoms with Crippen molar-refractivity contribution in [3.63, 3.8) is 0 Å². The normalized spacial score (nSPS) is 13.6. The molecule has 4 aromatic rings. The van der Waals surface area contributed by atoms with Crippen molar-refractivity contribution in [2.24, 2.45) is 0 Å². The van der Waals surface area contributed by atoms with Crippen LogP contribution in [0.5, 0.6) is 0 Å². The maximum absolute atomic E-state index is 15.7. The number of rotatable bonds is 7. The molecule has 11 heteroatoms. The molecule has 0 unspecified atom stereocenters. The number of carbonyl (C=O) groups is 1. The molecule has 1 aromatic heterocycles. The molecule has 1 aliphatic rings. The van der Waals surface area contributed by atoms with Crippen LogP contribution in [0.2, 0.25) is 5.02 Å². The third-order valence-electron chi connectivity index (χ3n) is 7.28. The maximum Gasteiger partial charge on any atom is 0.341 e. The lowest BCUT2D eigenvalue weighted by molar-refractivity contribution is -0.116. The fourth-order valence-electron chi connectivity index (χ4n) is 5.15. The van der Waals surface area contributed by atoms with E-state index >= 15 is 4.39 Å². The average Bonchev–Trinajstić information content (AvgIpc) is 2.98. The smallest absolute Gasteiger partial charge is 0.341 e. The number of nitrogens with zero attached hydrogens (tertiary/aromatic N) is 5. The largest absolute Gasteiger partial charge is 0.477 e. The van der Waals surface area contributed by atoms with Crippen molar-refractivity contribution >= 4 is 39.8 Å². The van der Waals surface area contributed by atoms with E-state index in [1.165, 1.54) is 10.8 Å². The van der Waals surface area contributed by atoms with E-state index in [1.54, 1.807) is 37.4 Å². The fraction of sp³-hybridized carbons (Fsp3) is 0.233. The second-order valence-corrected chi connectivity index (χ2v) is 10.1. The second-order valence-electron chi connectivity index (χ2n) is 9.70. The molecule has 3 aromatic carbocycles. The van der Waals surface area contributed by atoms with Crippen molar-refractivity contribution < 1.29 is 19.1 Å². The Labute approximate surface area is 240 Å². The predicted molar refractivity (Wildman–Crippen MR) is 156 cm³/mol. The minimum Gasteiger partial charge on any atom is -0.477 e. The minimum absolute atomic E-state index is 0.0168. The minimum atomic E-state index is -1.42. The van der Waals surface area contributed by atoms with Crippen LogP contribution >= 0.6 is 11.6 Å². The molecule has 210 valence electrons. The monoisotopic (exact) mass is 575 g/mol. The number of benzene rings is 3. The third-order valence-corrected chi connectivity index (χ3v) is 7.64. The van der Waals surface area contributed by atoms with Gasteiger partial charge in [0.05, 0.1) is 40.0 Å². The van der Waals surface area contributed by atoms with Crippen molar-refractivity contribution in [3.8, 4) is 11.8 Å². The highest BCUT2D eigenvalue weighted by Gasteiger charge is 2.27. The number of hydrogen-bond acceptors (Lipinski definition) is 7. The zero-order valence-electron chi connectivity index (χ0n) is 22.5. The first-order chi connectivity index (χ1) is 19.7. The summed E-state index contributed by atoms with van der Waals surface area (Å²) in [6.45, 7) is 2.40. The van der Waals surface area contributed by atoms with Crippen LogP contribution in [0.25, 0.3) is 16.6 Å². The third kappa shape index (κ3) is 5.35. The Morgan fingerprint density at radius 1 is 1.12 bits per heavy atom. The summed E-state index contributed by atoms with van der Waals surface area (Å²) in [5.74, 6) is -2.13. The molecule has 2 heterocycles. The molecule has 0 amide bonds. The number of carboxylic acid groups (broad SMARTS) is 1. The van der Waals surface area contributed by atoms with Crippen LogP contribution in [0.4, 0.5) is 15.8 Å². The summed E-state index contributed by atoms with van der Waals surface area (Å²) in [6, 6.07) is 17.9. The van der Waals surface area contributed by atoms with Gasteiger partial charge in [-0.1, -0.05) is 35.9 Å². The topological polar surface area (TPSA) is 102 Å². The standard InChI is InChI=1S/C30H27ClFN5O4/c1-34(41-2)17-19-7-9-21(10-8-19)37-18-23(30(39)40)29(38)22-15-24(32)28(26(31)27(22)37)36-13-11-35(12-14-36)25-6-4-3-5-20(25)16-33/h3-10,15,18H,11-14,17H2,1-2H3,(H,39,40). The molecule has 9 nitrogen and oxygen atoms in total. The number of fused-ring (bicyclic) bond motifs is 1. The molecule has 1 N–H and O–H groups in total. The van der Waals surface area contributed by atoms with Crippen molar-refractivity contribution in [1.82, 2.24) is 9.63 Å². The quantitative estimate of drug-likeness (QED) is 0.317. The van der Waals surface area contributed by atoms with Gasteiger partial charge in [0, 0.05) is 51.7 Å². The number of carboxylic acids is 1. The Balaban J connectivity index is 1.58. The maximum atomic E-state index is 15.7. The molecule has 0 spiro atoms. The lowest BCUT2D eigenvalue weighted by Crippen LogP contribution is -2.47. The SMILES string of the molecule is CON(C)Cc1ccc(-n2cc(C(=O)O)c(=O)c3cc(F)c(N4CCN(c5ccccc5C#N)CC4)c(Cl)c32)cc1. The van der Waals surface area contributed by atoms with Crippen LogP contribution in [0.15, 0.2) is 65.6 Å². The molecule has 1 saturated heterocycles. The van der Waals surface area contributed by atoms with E-state index in [9.17, 15) is 20.0 Å². The van der Waals surface area contributed by atoms with Crippen LogP contribution in [-0.2, 0) is 11.4 Å². The highest BCUT2D eigenvalue weighted by atomic mass is 35.5. The lowest BCUT2D eigenvalue weighted by Gasteiger charge is -2.38. The predicted octanol–water partition coefficient (Wildman–Crippen LogP) is 4.67. The summed E-state index contributed by atoms with van der Waals surface area (Å²) in [4.78, 5) is 34.1. The average molecular weight is 576 g/mol. The number of piperazine rings is 1. The van der Waals surface area contributed by atoms with Crippen molar-refractivity contribution in [2.45, 2.75) is 6.54 Å². The van der Waals surface area contributed by atoms with E-state index in [1.807, 2.05) is 35.2 Å². The fourth-order valence-corrected chi connectivity index (χ4v) is 5.55. The Morgan fingerprint density at radius 2 is 1.78 bits per heavy atom. The molecule has 0 saturated carbocycles.